The second kappa shape index (κ2) is 9.20. The monoisotopic (exact) mass is 467 g/mol. The standard InChI is InChI=1S/C22H21ClF3N3O3/c1-13-3-6-16(7-4-13)29-11-14(9-20(29)31)21(32)28(2)12-19(30)27-15-5-8-18(23)17(10-15)22(24,25)26/h3-8,10,14H,9,11-12H2,1-2H3,(H,27,30)/t14-/m1/s1. The molecule has 0 spiro atoms. The van der Waals surface area contributed by atoms with Crippen molar-refractivity contribution >= 4 is 40.7 Å². The molecule has 170 valence electrons. The summed E-state index contributed by atoms with van der Waals surface area (Å²) in [7, 11) is 1.41. The van der Waals surface area contributed by atoms with Crippen molar-refractivity contribution in [2.45, 2.75) is 19.5 Å². The Morgan fingerprint density at radius 1 is 1.19 bits per heavy atom. The smallest absolute Gasteiger partial charge is 0.336 e. The van der Waals surface area contributed by atoms with Crippen LogP contribution in [-0.2, 0) is 20.6 Å². The highest BCUT2D eigenvalue weighted by Crippen LogP contribution is 2.36. The van der Waals surface area contributed by atoms with E-state index in [2.05, 4.69) is 5.32 Å². The van der Waals surface area contributed by atoms with Crippen LogP contribution >= 0.6 is 11.6 Å². The molecule has 10 heteroatoms. The molecule has 0 unspecified atom stereocenters. The number of hydrogen-bond acceptors (Lipinski definition) is 3. The molecular weight excluding hydrogens is 447 g/mol. The number of aryl methyl sites for hydroxylation is 1. The zero-order valence-electron chi connectivity index (χ0n) is 17.4. The van der Waals surface area contributed by atoms with E-state index in [-0.39, 0.29) is 31.1 Å². The summed E-state index contributed by atoms with van der Waals surface area (Å²) in [5.74, 6) is -1.87. The van der Waals surface area contributed by atoms with Gasteiger partial charge < -0.3 is 15.1 Å². The first-order valence-corrected chi connectivity index (χ1v) is 10.1. The maximum absolute atomic E-state index is 13.0. The van der Waals surface area contributed by atoms with Crippen LogP contribution in [0.5, 0.6) is 0 Å². The van der Waals surface area contributed by atoms with Crippen molar-refractivity contribution in [2.75, 3.05) is 30.4 Å². The van der Waals surface area contributed by atoms with E-state index in [0.717, 1.165) is 22.6 Å². The molecule has 1 atom stereocenters. The molecule has 1 saturated heterocycles. The lowest BCUT2D eigenvalue weighted by atomic mass is 10.1. The largest absolute Gasteiger partial charge is 0.417 e. The molecule has 0 saturated carbocycles. The van der Waals surface area contributed by atoms with Crippen molar-refractivity contribution in [2.24, 2.45) is 5.92 Å². The average molecular weight is 468 g/mol. The Labute approximate surface area is 187 Å². The van der Waals surface area contributed by atoms with Crippen LogP contribution in [0.15, 0.2) is 42.5 Å². The van der Waals surface area contributed by atoms with Crippen LogP contribution in [0.3, 0.4) is 0 Å². The summed E-state index contributed by atoms with van der Waals surface area (Å²) in [4.78, 5) is 40.1. The lowest BCUT2D eigenvalue weighted by molar-refractivity contribution is -0.137. The van der Waals surface area contributed by atoms with Crippen LogP contribution in [0.1, 0.15) is 17.5 Å². The fourth-order valence-corrected chi connectivity index (χ4v) is 3.70. The number of benzene rings is 2. The summed E-state index contributed by atoms with van der Waals surface area (Å²) in [5.41, 5.74) is 0.581. The lowest BCUT2D eigenvalue weighted by Crippen LogP contribution is -2.39. The van der Waals surface area contributed by atoms with Crippen molar-refractivity contribution in [3.63, 3.8) is 0 Å². The van der Waals surface area contributed by atoms with Crippen LogP contribution in [0.25, 0.3) is 0 Å². The third-order valence-corrected chi connectivity index (χ3v) is 5.46. The van der Waals surface area contributed by atoms with Crippen LogP contribution in [0.4, 0.5) is 24.5 Å². The van der Waals surface area contributed by atoms with E-state index < -0.39 is 34.5 Å². The number of likely N-dealkylation sites (N-methyl/N-ethyl adjacent to an activating group) is 1. The Kier molecular flexibility index (Phi) is 6.78. The molecule has 3 rings (SSSR count). The minimum atomic E-state index is -4.66. The van der Waals surface area contributed by atoms with Gasteiger partial charge in [-0.05, 0) is 37.3 Å². The molecule has 2 aromatic carbocycles. The third-order valence-electron chi connectivity index (χ3n) is 5.13. The Bertz CT molecular complexity index is 1040. The first-order valence-electron chi connectivity index (χ1n) is 9.74. The summed E-state index contributed by atoms with van der Waals surface area (Å²) in [6.45, 7) is 1.74. The van der Waals surface area contributed by atoms with E-state index in [9.17, 15) is 27.6 Å². The molecule has 2 aromatic rings. The Hall–Kier alpha value is -3.07. The fraction of sp³-hybridized carbons (Fsp3) is 0.318. The van der Waals surface area contributed by atoms with Gasteiger partial charge in [0.25, 0.3) is 0 Å². The van der Waals surface area contributed by atoms with Crippen molar-refractivity contribution in [1.29, 1.82) is 0 Å². The number of hydrogen-bond donors (Lipinski definition) is 1. The predicted octanol–water partition coefficient (Wildman–Crippen LogP) is 4.12. The van der Waals surface area contributed by atoms with E-state index >= 15 is 0 Å². The summed E-state index contributed by atoms with van der Waals surface area (Å²) in [5, 5.41) is 1.86. The van der Waals surface area contributed by atoms with E-state index in [4.69, 9.17) is 11.6 Å². The van der Waals surface area contributed by atoms with Gasteiger partial charge in [-0.1, -0.05) is 29.3 Å². The van der Waals surface area contributed by atoms with Gasteiger partial charge in [-0.15, -0.1) is 0 Å². The van der Waals surface area contributed by atoms with E-state index in [0.29, 0.717) is 5.69 Å². The number of alkyl halides is 3. The Balaban J connectivity index is 1.60. The number of nitrogens with zero attached hydrogens (tertiary/aromatic N) is 2. The number of carbonyl (C=O) groups excluding carboxylic acids is 3. The van der Waals surface area contributed by atoms with Crippen LogP contribution < -0.4 is 10.2 Å². The molecule has 0 aliphatic carbocycles. The van der Waals surface area contributed by atoms with Crippen LogP contribution in [0, 0.1) is 12.8 Å². The molecule has 1 aliphatic rings. The molecule has 1 fully saturated rings. The highest BCUT2D eigenvalue weighted by atomic mass is 35.5. The van der Waals surface area contributed by atoms with Crippen LogP contribution in [-0.4, -0.2) is 42.8 Å². The number of amides is 3. The molecule has 6 nitrogen and oxygen atoms in total. The van der Waals surface area contributed by atoms with Gasteiger partial charge in [-0.3, -0.25) is 14.4 Å². The topological polar surface area (TPSA) is 69.7 Å². The van der Waals surface area contributed by atoms with E-state index in [1.807, 2.05) is 19.1 Å². The maximum Gasteiger partial charge on any atom is 0.417 e. The van der Waals surface area contributed by atoms with Gasteiger partial charge in [0.15, 0.2) is 0 Å². The van der Waals surface area contributed by atoms with Crippen molar-refractivity contribution < 1.29 is 27.6 Å². The number of anilines is 2. The van der Waals surface area contributed by atoms with E-state index in [1.165, 1.54) is 18.0 Å². The Morgan fingerprint density at radius 2 is 1.84 bits per heavy atom. The molecule has 0 radical (unpaired) electrons. The zero-order chi connectivity index (χ0) is 23.6. The summed E-state index contributed by atoms with van der Waals surface area (Å²) >= 11 is 5.57. The molecule has 0 bridgehead atoms. The fourth-order valence-electron chi connectivity index (χ4n) is 3.47. The van der Waals surface area contributed by atoms with Crippen molar-refractivity contribution in [3.8, 4) is 0 Å². The van der Waals surface area contributed by atoms with Crippen LogP contribution in [0.2, 0.25) is 5.02 Å². The summed E-state index contributed by atoms with van der Waals surface area (Å²) < 4.78 is 38.9. The number of rotatable bonds is 5. The maximum atomic E-state index is 13.0. The third kappa shape index (κ3) is 5.40. The molecule has 1 heterocycles. The second-order valence-corrected chi connectivity index (χ2v) is 8.08. The zero-order valence-corrected chi connectivity index (χ0v) is 18.1. The van der Waals surface area contributed by atoms with Gasteiger partial charge in [0.05, 0.1) is 23.0 Å². The van der Waals surface area contributed by atoms with E-state index in [1.54, 1.807) is 12.1 Å². The first-order chi connectivity index (χ1) is 15.0. The predicted molar refractivity (Wildman–Crippen MR) is 114 cm³/mol. The van der Waals surface area contributed by atoms with Gasteiger partial charge in [0.2, 0.25) is 17.7 Å². The van der Waals surface area contributed by atoms with Gasteiger partial charge >= 0.3 is 6.18 Å². The van der Waals surface area contributed by atoms with Gasteiger partial charge in [0.1, 0.15) is 0 Å². The second-order valence-electron chi connectivity index (χ2n) is 7.68. The molecule has 0 aromatic heterocycles. The molecule has 3 amide bonds. The summed E-state index contributed by atoms with van der Waals surface area (Å²) in [6, 6.07) is 10.4. The first kappa shape index (κ1) is 23.6. The van der Waals surface area contributed by atoms with Gasteiger partial charge in [-0.2, -0.15) is 13.2 Å². The molecule has 32 heavy (non-hydrogen) atoms. The van der Waals surface area contributed by atoms with Gasteiger partial charge in [-0.25, -0.2) is 0 Å². The number of halogens is 4. The highest BCUT2D eigenvalue weighted by molar-refractivity contribution is 6.31. The SMILES string of the molecule is Cc1ccc(N2C[C@H](C(=O)N(C)CC(=O)Nc3ccc(Cl)c(C(F)(F)F)c3)CC2=O)cc1. The molecule has 1 aliphatic heterocycles. The summed E-state index contributed by atoms with van der Waals surface area (Å²) in [6.07, 6.45) is -4.65. The minimum absolute atomic E-state index is 0.0186. The van der Waals surface area contributed by atoms with Crippen molar-refractivity contribution in [1.82, 2.24) is 4.90 Å². The minimum Gasteiger partial charge on any atom is -0.336 e. The average Bonchev–Trinajstić information content (AvgIpc) is 3.10. The number of nitrogens with one attached hydrogen (secondary N) is 1. The van der Waals surface area contributed by atoms with Crippen molar-refractivity contribution in [3.05, 3.63) is 58.6 Å². The molecule has 1 N–H and O–H groups in total. The quantitative estimate of drug-likeness (QED) is 0.719. The Morgan fingerprint density at radius 3 is 2.47 bits per heavy atom. The molecular formula is C22H21ClF3N3O3. The van der Waals surface area contributed by atoms with Gasteiger partial charge in [0, 0.05) is 31.4 Å². The normalized spacial score (nSPS) is 16.2. The highest BCUT2D eigenvalue weighted by Gasteiger charge is 2.37. The number of carbonyl (C=O) groups is 3. The lowest BCUT2D eigenvalue weighted by Gasteiger charge is -2.21.